The minimum Gasteiger partial charge on any atom is -0.755 e. The van der Waals surface area contributed by atoms with Crippen molar-refractivity contribution in [1.29, 1.82) is 0 Å². The van der Waals surface area contributed by atoms with Crippen molar-refractivity contribution in [2.24, 2.45) is 0 Å². The van der Waals surface area contributed by atoms with E-state index >= 15 is 0 Å². The van der Waals surface area contributed by atoms with Crippen molar-refractivity contribution in [2.75, 3.05) is 30.9 Å². The minimum atomic E-state index is -2.42. The third-order valence-electron chi connectivity index (χ3n) is 4.74. The van der Waals surface area contributed by atoms with Crippen LogP contribution in [0.5, 0.6) is 0 Å². The van der Waals surface area contributed by atoms with E-state index in [1.165, 1.54) is 24.3 Å². The van der Waals surface area contributed by atoms with Crippen LogP contribution in [0.25, 0.3) is 0 Å². The molecule has 9 heteroatoms. The number of hydrogen-bond acceptors (Lipinski definition) is 4. The second kappa shape index (κ2) is 9.62. The average Bonchev–Trinajstić information content (AvgIpc) is 2.96. The van der Waals surface area contributed by atoms with Gasteiger partial charge >= 0.3 is 0 Å². The SMILES string of the molecule is O=C(Cc1ccc(F)cc1)N1CCCN(C(=O)c2ccc(NS(=O)[O-])cc2)CC1. The number of rotatable bonds is 5. The van der Waals surface area contributed by atoms with Crippen LogP contribution in [0.4, 0.5) is 10.1 Å². The molecule has 1 fully saturated rings. The van der Waals surface area contributed by atoms with Gasteiger partial charge in [0, 0.05) is 48.7 Å². The molecule has 1 unspecified atom stereocenters. The van der Waals surface area contributed by atoms with E-state index in [1.807, 2.05) is 0 Å². The molecule has 2 aromatic rings. The Kier molecular flexibility index (Phi) is 6.95. The molecule has 0 bridgehead atoms. The van der Waals surface area contributed by atoms with Crippen molar-refractivity contribution >= 4 is 28.8 Å². The molecule has 1 atom stereocenters. The van der Waals surface area contributed by atoms with Crippen LogP contribution in [0.15, 0.2) is 48.5 Å². The molecule has 29 heavy (non-hydrogen) atoms. The second-order valence-corrected chi connectivity index (χ2v) is 7.42. The van der Waals surface area contributed by atoms with Gasteiger partial charge in [-0.2, -0.15) is 0 Å². The van der Waals surface area contributed by atoms with Gasteiger partial charge in [0.1, 0.15) is 5.82 Å². The number of benzene rings is 2. The Balaban J connectivity index is 1.57. The zero-order valence-electron chi connectivity index (χ0n) is 15.7. The molecule has 0 aromatic heterocycles. The van der Waals surface area contributed by atoms with Gasteiger partial charge in [-0.25, -0.2) is 4.39 Å². The summed E-state index contributed by atoms with van der Waals surface area (Å²) < 4.78 is 36.5. The summed E-state index contributed by atoms with van der Waals surface area (Å²) in [6.45, 7) is 1.94. The van der Waals surface area contributed by atoms with Gasteiger partial charge in [-0.15, -0.1) is 0 Å². The molecular weight excluding hydrogens is 397 g/mol. The van der Waals surface area contributed by atoms with E-state index in [4.69, 9.17) is 0 Å². The molecule has 0 aliphatic carbocycles. The van der Waals surface area contributed by atoms with Crippen molar-refractivity contribution in [2.45, 2.75) is 12.8 Å². The summed E-state index contributed by atoms with van der Waals surface area (Å²) in [7, 11) is 0. The number of carbonyl (C=O) groups is 2. The lowest BCUT2D eigenvalue weighted by Gasteiger charge is -2.22. The predicted molar refractivity (Wildman–Crippen MR) is 106 cm³/mol. The van der Waals surface area contributed by atoms with Gasteiger partial charge in [0.2, 0.25) is 5.91 Å². The fourth-order valence-electron chi connectivity index (χ4n) is 3.22. The summed E-state index contributed by atoms with van der Waals surface area (Å²) >= 11 is -2.42. The first kappa shape index (κ1) is 20.9. The van der Waals surface area contributed by atoms with Crippen molar-refractivity contribution in [3.8, 4) is 0 Å². The molecule has 7 nitrogen and oxygen atoms in total. The molecule has 2 aromatic carbocycles. The quantitative estimate of drug-likeness (QED) is 0.751. The molecule has 2 amide bonds. The van der Waals surface area contributed by atoms with Crippen LogP contribution in [0.1, 0.15) is 22.3 Å². The van der Waals surface area contributed by atoms with Gasteiger partial charge in [-0.05, 0) is 48.4 Å². The Morgan fingerprint density at radius 3 is 2.24 bits per heavy atom. The van der Waals surface area contributed by atoms with Gasteiger partial charge in [-0.1, -0.05) is 12.1 Å². The fraction of sp³-hybridized carbons (Fsp3) is 0.300. The average molecular weight is 418 g/mol. The van der Waals surface area contributed by atoms with Gasteiger partial charge < -0.3 is 19.1 Å². The van der Waals surface area contributed by atoms with Crippen LogP contribution in [0.3, 0.4) is 0 Å². The maximum atomic E-state index is 13.0. The Hall–Kier alpha value is -2.78. The van der Waals surface area contributed by atoms with Gasteiger partial charge in [0.15, 0.2) is 0 Å². The van der Waals surface area contributed by atoms with Crippen LogP contribution in [0.2, 0.25) is 0 Å². The summed E-state index contributed by atoms with van der Waals surface area (Å²) in [6, 6.07) is 12.1. The van der Waals surface area contributed by atoms with Gasteiger partial charge in [0.05, 0.1) is 6.42 Å². The van der Waals surface area contributed by atoms with Crippen LogP contribution in [-0.2, 0) is 22.5 Å². The first-order valence-corrected chi connectivity index (χ1v) is 10.3. The Labute approximate surface area is 170 Å². The zero-order chi connectivity index (χ0) is 20.8. The monoisotopic (exact) mass is 418 g/mol. The molecule has 1 saturated heterocycles. The topological polar surface area (TPSA) is 92.8 Å². The Morgan fingerprint density at radius 1 is 0.966 bits per heavy atom. The first-order valence-electron chi connectivity index (χ1n) is 9.20. The van der Waals surface area contributed by atoms with E-state index in [-0.39, 0.29) is 24.1 Å². The molecular formula is C20H21FN3O4S-. The van der Waals surface area contributed by atoms with E-state index in [0.717, 1.165) is 5.56 Å². The molecule has 3 rings (SSSR count). The number of carbonyl (C=O) groups excluding carboxylic acids is 2. The van der Waals surface area contributed by atoms with E-state index in [2.05, 4.69) is 4.72 Å². The summed E-state index contributed by atoms with van der Waals surface area (Å²) in [5.41, 5.74) is 1.59. The van der Waals surface area contributed by atoms with Crippen molar-refractivity contribution in [3.05, 3.63) is 65.5 Å². The number of hydrogen-bond donors (Lipinski definition) is 1. The Morgan fingerprint density at radius 2 is 1.59 bits per heavy atom. The molecule has 1 heterocycles. The number of nitrogens with zero attached hydrogens (tertiary/aromatic N) is 2. The molecule has 0 radical (unpaired) electrons. The van der Waals surface area contributed by atoms with E-state index < -0.39 is 11.3 Å². The molecule has 0 spiro atoms. The van der Waals surface area contributed by atoms with Crippen LogP contribution < -0.4 is 4.72 Å². The van der Waals surface area contributed by atoms with Crippen molar-refractivity contribution < 1.29 is 22.7 Å². The standard InChI is InChI=1S/C20H22FN3O4S/c21-17-6-2-15(3-7-17)14-19(25)23-10-1-11-24(13-12-23)20(26)16-4-8-18(9-5-16)22-29(27)28/h2-9,22H,1,10-14H2,(H,27,28)/p-1. The number of halogens is 1. The number of nitrogens with one attached hydrogen (secondary N) is 1. The smallest absolute Gasteiger partial charge is 0.253 e. The van der Waals surface area contributed by atoms with Crippen molar-refractivity contribution in [3.63, 3.8) is 0 Å². The molecule has 0 saturated carbocycles. The highest BCUT2D eigenvalue weighted by Crippen LogP contribution is 2.14. The van der Waals surface area contributed by atoms with E-state index in [0.29, 0.717) is 43.9 Å². The number of amides is 2. The maximum Gasteiger partial charge on any atom is 0.253 e. The molecule has 1 aliphatic heterocycles. The highest BCUT2D eigenvalue weighted by atomic mass is 32.2. The third-order valence-corrected chi connectivity index (χ3v) is 5.14. The second-order valence-electron chi connectivity index (χ2n) is 6.74. The minimum absolute atomic E-state index is 0.0491. The van der Waals surface area contributed by atoms with Crippen LogP contribution >= 0.6 is 0 Å². The van der Waals surface area contributed by atoms with Crippen molar-refractivity contribution in [1.82, 2.24) is 9.80 Å². The van der Waals surface area contributed by atoms with Gasteiger partial charge in [-0.3, -0.25) is 13.8 Å². The van der Waals surface area contributed by atoms with E-state index in [1.54, 1.807) is 34.1 Å². The normalized spacial score (nSPS) is 15.5. The summed E-state index contributed by atoms with van der Waals surface area (Å²) in [6.07, 6.45) is 0.861. The Bertz CT molecular complexity index is 890. The van der Waals surface area contributed by atoms with E-state index in [9.17, 15) is 22.7 Å². The van der Waals surface area contributed by atoms with Crippen LogP contribution in [0, 0.1) is 5.82 Å². The molecule has 154 valence electrons. The van der Waals surface area contributed by atoms with Gasteiger partial charge in [0.25, 0.3) is 5.91 Å². The fourth-order valence-corrected chi connectivity index (χ4v) is 3.55. The highest BCUT2D eigenvalue weighted by Gasteiger charge is 2.23. The maximum absolute atomic E-state index is 13.0. The lowest BCUT2D eigenvalue weighted by molar-refractivity contribution is -0.130. The van der Waals surface area contributed by atoms with Crippen LogP contribution in [-0.4, -0.2) is 56.6 Å². The number of anilines is 1. The summed E-state index contributed by atoms with van der Waals surface area (Å²) in [5.74, 6) is -0.546. The third kappa shape index (κ3) is 5.85. The lowest BCUT2D eigenvalue weighted by Crippen LogP contribution is -2.38. The largest absolute Gasteiger partial charge is 0.755 e. The molecule has 1 aliphatic rings. The first-order chi connectivity index (χ1) is 13.9. The molecule has 1 N–H and O–H groups in total. The zero-order valence-corrected chi connectivity index (χ0v) is 16.5. The summed E-state index contributed by atoms with van der Waals surface area (Å²) in [4.78, 5) is 28.7. The summed E-state index contributed by atoms with van der Waals surface area (Å²) in [5, 5.41) is 0. The predicted octanol–water partition coefficient (Wildman–Crippen LogP) is 1.95. The lowest BCUT2D eigenvalue weighted by atomic mass is 10.1. The highest BCUT2D eigenvalue weighted by molar-refractivity contribution is 7.80.